The lowest BCUT2D eigenvalue weighted by atomic mass is 10.3. The zero-order chi connectivity index (χ0) is 11.4. The quantitative estimate of drug-likeness (QED) is 0.783. The van der Waals surface area contributed by atoms with Crippen LogP contribution in [0.4, 0.5) is 5.82 Å². The van der Waals surface area contributed by atoms with Crippen molar-refractivity contribution >= 4 is 44.9 Å². The minimum absolute atomic E-state index is 0.329. The second-order valence-corrected chi connectivity index (χ2v) is 5.14. The van der Waals surface area contributed by atoms with Crippen LogP contribution in [0, 0.1) is 0 Å². The maximum absolute atomic E-state index is 6.13. The zero-order valence-corrected chi connectivity index (χ0v) is 11.8. The van der Waals surface area contributed by atoms with E-state index in [1.807, 2.05) is 6.07 Å². The summed E-state index contributed by atoms with van der Waals surface area (Å²) in [5, 5.41) is 0.642. The molecular weight excluding hydrogens is 299 g/mol. The van der Waals surface area contributed by atoms with Crippen LogP contribution in [0.1, 0.15) is 13.8 Å². The highest BCUT2D eigenvalue weighted by Crippen LogP contribution is 2.27. The Balaban J connectivity index is 3.00. The van der Waals surface area contributed by atoms with Crippen LogP contribution in [0.2, 0.25) is 5.02 Å². The molecule has 0 aromatic carbocycles. The van der Waals surface area contributed by atoms with Crippen LogP contribution in [-0.4, -0.2) is 23.5 Å². The number of pyridine rings is 1. The topological polar surface area (TPSA) is 16.1 Å². The van der Waals surface area contributed by atoms with E-state index in [0.717, 1.165) is 16.8 Å². The molecule has 2 nitrogen and oxygen atoms in total. The summed E-state index contributed by atoms with van der Waals surface area (Å²) in [6.45, 7) is 4.92. The molecule has 0 N–H and O–H groups in total. The molecule has 1 aromatic rings. The van der Waals surface area contributed by atoms with Gasteiger partial charge in [-0.05, 0) is 35.8 Å². The average molecular weight is 312 g/mol. The molecule has 0 amide bonds. The van der Waals surface area contributed by atoms with Crippen LogP contribution in [0.3, 0.4) is 0 Å². The lowest BCUT2D eigenvalue weighted by Crippen LogP contribution is -2.33. The average Bonchev–Trinajstić information content (AvgIpc) is 2.15. The van der Waals surface area contributed by atoms with Crippen LogP contribution in [0.5, 0.6) is 0 Å². The Morgan fingerprint density at radius 2 is 2.20 bits per heavy atom. The summed E-state index contributed by atoms with van der Waals surface area (Å²) in [5.41, 5.74) is 0. The standard InChI is InChI=1S/C10H13BrCl2N2/c1-7(2)15(4-3-12)10-9(13)5-8(11)6-14-10/h5-7H,3-4H2,1-2H3. The highest BCUT2D eigenvalue weighted by molar-refractivity contribution is 9.10. The van der Waals surface area contributed by atoms with Crippen molar-refractivity contribution in [3.8, 4) is 0 Å². The maximum atomic E-state index is 6.13. The summed E-state index contributed by atoms with van der Waals surface area (Å²) in [4.78, 5) is 6.39. The normalized spacial score (nSPS) is 10.8. The zero-order valence-electron chi connectivity index (χ0n) is 8.67. The fourth-order valence-corrected chi connectivity index (χ4v) is 2.24. The van der Waals surface area contributed by atoms with Gasteiger partial charge < -0.3 is 4.90 Å². The smallest absolute Gasteiger partial charge is 0.147 e. The van der Waals surface area contributed by atoms with Crippen molar-refractivity contribution in [1.82, 2.24) is 4.98 Å². The molecule has 0 radical (unpaired) electrons. The summed E-state index contributed by atoms with van der Waals surface area (Å²) in [7, 11) is 0. The molecule has 0 aliphatic carbocycles. The number of alkyl halides is 1. The van der Waals surface area contributed by atoms with Crippen LogP contribution in [0.15, 0.2) is 16.7 Å². The van der Waals surface area contributed by atoms with Gasteiger partial charge >= 0.3 is 0 Å². The highest BCUT2D eigenvalue weighted by Gasteiger charge is 2.14. The molecule has 0 aliphatic heterocycles. The van der Waals surface area contributed by atoms with Crippen molar-refractivity contribution in [2.24, 2.45) is 0 Å². The van der Waals surface area contributed by atoms with Crippen molar-refractivity contribution in [3.63, 3.8) is 0 Å². The van der Waals surface area contributed by atoms with Crippen LogP contribution < -0.4 is 4.90 Å². The predicted molar refractivity (Wildman–Crippen MR) is 70.1 cm³/mol. The predicted octanol–water partition coefficient (Wildman–Crippen LogP) is 3.95. The van der Waals surface area contributed by atoms with E-state index in [9.17, 15) is 0 Å². The van der Waals surface area contributed by atoms with Gasteiger partial charge in [0.25, 0.3) is 0 Å². The minimum atomic E-state index is 0.329. The summed E-state index contributed by atoms with van der Waals surface area (Å²) < 4.78 is 0.880. The maximum Gasteiger partial charge on any atom is 0.147 e. The van der Waals surface area contributed by atoms with E-state index in [1.165, 1.54) is 0 Å². The van der Waals surface area contributed by atoms with Gasteiger partial charge in [-0.25, -0.2) is 4.98 Å². The largest absolute Gasteiger partial charge is 0.352 e. The third-order valence-electron chi connectivity index (χ3n) is 2.01. The molecule has 0 saturated carbocycles. The SMILES string of the molecule is CC(C)N(CCCl)c1ncc(Br)cc1Cl. The molecule has 0 spiro atoms. The molecule has 15 heavy (non-hydrogen) atoms. The van der Waals surface area contributed by atoms with Crippen LogP contribution in [0.25, 0.3) is 0 Å². The first-order valence-electron chi connectivity index (χ1n) is 4.70. The van der Waals surface area contributed by atoms with E-state index < -0.39 is 0 Å². The Hall–Kier alpha value is 0.01000. The van der Waals surface area contributed by atoms with Gasteiger partial charge in [0.15, 0.2) is 0 Å². The van der Waals surface area contributed by atoms with Crippen molar-refractivity contribution in [2.45, 2.75) is 19.9 Å². The van der Waals surface area contributed by atoms with Gasteiger partial charge in [-0.2, -0.15) is 0 Å². The van der Waals surface area contributed by atoms with E-state index >= 15 is 0 Å². The van der Waals surface area contributed by atoms with E-state index in [1.54, 1.807) is 6.20 Å². The van der Waals surface area contributed by atoms with Gasteiger partial charge in [-0.3, -0.25) is 0 Å². The Bertz CT molecular complexity index is 331. The number of nitrogens with zero attached hydrogens (tertiary/aromatic N) is 2. The monoisotopic (exact) mass is 310 g/mol. The van der Waals surface area contributed by atoms with Crippen LogP contribution in [-0.2, 0) is 0 Å². The third kappa shape index (κ3) is 3.51. The van der Waals surface area contributed by atoms with Gasteiger partial charge in [-0.1, -0.05) is 11.6 Å². The summed E-state index contributed by atoms with van der Waals surface area (Å²) in [6.07, 6.45) is 1.74. The molecule has 84 valence electrons. The fourth-order valence-electron chi connectivity index (χ4n) is 1.32. The van der Waals surface area contributed by atoms with Gasteiger partial charge in [-0.15, -0.1) is 11.6 Å². The number of hydrogen-bond donors (Lipinski definition) is 0. The molecule has 1 heterocycles. The van der Waals surface area contributed by atoms with E-state index in [2.05, 4.69) is 39.7 Å². The molecule has 0 unspecified atom stereocenters. The minimum Gasteiger partial charge on any atom is -0.352 e. The molecule has 0 fully saturated rings. The first-order chi connectivity index (χ1) is 7.06. The summed E-state index contributed by atoms with van der Waals surface area (Å²) >= 11 is 15.2. The second kappa shape index (κ2) is 5.92. The lowest BCUT2D eigenvalue weighted by molar-refractivity contribution is 0.695. The van der Waals surface area contributed by atoms with E-state index in [-0.39, 0.29) is 0 Å². The third-order valence-corrected chi connectivity index (χ3v) is 2.89. The van der Waals surface area contributed by atoms with Gasteiger partial charge in [0.1, 0.15) is 5.82 Å². The van der Waals surface area contributed by atoms with E-state index in [0.29, 0.717) is 16.9 Å². The number of hydrogen-bond acceptors (Lipinski definition) is 2. The summed E-state index contributed by atoms with van der Waals surface area (Å²) in [6, 6.07) is 2.17. The molecule has 0 saturated heterocycles. The van der Waals surface area contributed by atoms with Crippen molar-refractivity contribution in [1.29, 1.82) is 0 Å². The van der Waals surface area contributed by atoms with Crippen molar-refractivity contribution in [2.75, 3.05) is 17.3 Å². The molecule has 1 aromatic heterocycles. The lowest BCUT2D eigenvalue weighted by Gasteiger charge is -2.27. The number of rotatable bonds is 4. The molecule has 5 heteroatoms. The Kier molecular flexibility index (Phi) is 5.16. The van der Waals surface area contributed by atoms with Gasteiger partial charge in [0.05, 0.1) is 5.02 Å². The Labute approximate surface area is 109 Å². The fraction of sp³-hybridized carbons (Fsp3) is 0.500. The number of halogens is 3. The van der Waals surface area contributed by atoms with Crippen LogP contribution >= 0.6 is 39.1 Å². The summed E-state index contributed by atoms with van der Waals surface area (Å²) in [5.74, 6) is 1.35. The number of aromatic nitrogens is 1. The number of anilines is 1. The Morgan fingerprint density at radius 3 is 2.67 bits per heavy atom. The van der Waals surface area contributed by atoms with Gasteiger partial charge in [0, 0.05) is 29.1 Å². The van der Waals surface area contributed by atoms with Gasteiger partial charge in [0.2, 0.25) is 0 Å². The second-order valence-electron chi connectivity index (χ2n) is 3.44. The highest BCUT2D eigenvalue weighted by atomic mass is 79.9. The van der Waals surface area contributed by atoms with E-state index in [4.69, 9.17) is 23.2 Å². The molecule has 0 atom stereocenters. The molecule has 1 rings (SSSR count). The first kappa shape index (κ1) is 13.1. The molecule has 0 aliphatic rings. The molecular formula is C10H13BrCl2N2. The van der Waals surface area contributed by atoms with Crippen molar-refractivity contribution < 1.29 is 0 Å². The first-order valence-corrected chi connectivity index (χ1v) is 6.40. The molecule has 0 bridgehead atoms. The Morgan fingerprint density at radius 1 is 1.53 bits per heavy atom. The van der Waals surface area contributed by atoms with Crippen molar-refractivity contribution in [3.05, 3.63) is 21.8 Å².